The van der Waals surface area contributed by atoms with Crippen LogP contribution in [0.4, 0.5) is 0 Å². The summed E-state index contributed by atoms with van der Waals surface area (Å²) in [7, 11) is 3.60. The molecule has 3 rings (SSSR count). The first-order chi connectivity index (χ1) is 12.2. The van der Waals surface area contributed by atoms with Crippen molar-refractivity contribution < 1.29 is 14.3 Å². The summed E-state index contributed by atoms with van der Waals surface area (Å²) in [6.07, 6.45) is 0.975. The second-order valence-electron chi connectivity index (χ2n) is 6.20. The Hall–Kier alpha value is -2.05. The third kappa shape index (κ3) is 4.74. The third-order valence-corrected chi connectivity index (χ3v) is 5.39. The van der Waals surface area contributed by atoms with Crippen molar-refractivity contribution in [3.8, 4) is 11.5 Å². The normalized spacial score (nSPS) is 13.6. The number of methoxy groups -OCH3 is 1. The van der Waals surface area contributed by atoms with E-state index in [1.807, 2.05) is 41.1 Å². The molecule has 6 heteroatoms. The fraction of sp³-hybridized carbons (Fsp3) is 0.421. The van der Waals surface area contributed by atoms with Crippen LogP contribution >= 0.6 is 11.3 Å². The van der Waals surface area contributed by atoms with E-state index in [0.717, 1.165) is 31.0 Å². The van der Waals surface area contributed by atoms with Gasteiger partial charge in [0.05, 0.1) is 13.7 Å². The van der Waals surface area contributed by atoms with Crippen LogP contribution in [0.15, 0.2) is 35.7 Å². The zero-order valence-electron chi connectivity index (χ0n) is 14.7. The van der Waals surface area contributed by atoms with Gasteiger partial charge in [0.15, 0.2) is 0 Å². The minimum absolute atomic E-state index is 0.184. The van der Waals surface area contributed by atoms with Crippen LogP contribution in [-0.4, -0.2) is 56.1 Å². The SMILES string of the molecule is COc1ccc(OCCN(C)CC(=O)N2CCc3sccc3C2)cc1. The fourth-order valence-corrected chi connectivity index (χ4v) is 3.75. The fourth-order valence-electron chi connectivity index (χ4n) is 2.86. The number of amides is 1. The lowest BCUT2D eigenvalue weighted by Gasteiger charge is -2.28. The highest BCUT2D eigenvalue weighted by Gasteiger charge is 2.22. The number of likely N-dealkylation sites (N-methyl/N-ethyl adjacent to an activating group) is 1. The molecule has 0 saturated heterocycles. The zero-order valence-corrected chi connectivity index (χ0v) is 15.6. The summed E-state index contributed by atoms with van der Waals surface area (Å²) in [6.45, 7) is 3.24. The molecule has 0 unspecified atom stereocenters. The van der Waals surface area contributed by atoms with Crippen LogP contribution < -0.4 is 9.47 Å². The lowest BCUT2D eigenvalue weighted by Crippen LogP contribution is -2.42. The Balaban J connectivity index is 1.40. The predicted octanol–water partition coefficient (Wildman–Crippen LogP) is 2.65. The molecule has 134 valence electrons. The molecule has 0 atom stereocenters. The van der Waals surface area contributed by atoms with E-state index in [1.165, 1.54) is 10.4 Å². The van der Waals surface area contributed by atoms with Gasteiger partial charge >= 0.3 is 0 Å². The van der Waals surface area contributed by atoms with Gasteiger partial charge in [-0.05, 0) is 54.7 Å². The van der Waals surface area contributed by atoms with E-state index in [2.05, 4.69) is 11.4 Å². The molecular formula is C19H24N2O3S. The van der Waals surface area contributed by atoms with Gasteiger partial charge in [-0.2, -0.15) is 0 Å². The summed E-state index contributed by atoms with van der Waals surface area (Å²) in [6, 6.07) is 9.65. The molecule has 0 bridgehead atoms. The highest BCUT2D eigenvalue weighted by molar-refractivity contribution is 7.10. The van der Waals surface area contributed by atoms with Crippen molar-refractivity contribution in [2.45, 2.75) is 13.0 Å². The van der Waals surface area contributed by atoms with Gasteiger partial charge in [-0.25, -0.2) is 0 Å². The molecular weight excluding hydrogens is 336 g/mol. The van der Waals surface area contributed by atoms with Crippen LogP contribution in [0.5, 0.6) is 11.5 Å². The van der Waals surface area contributed by atoms with E-state index in [4.69, 9.17) is 9.47 Å². The monoisotopic (exact) mass is 360 g/mol. The maximum absolute atomic E-state index is 12.5. The molecule has 25 heavy (non-hydrogen) atoms. The zero-order chi connectivity index (χ0) is 17.6. The Morgan fingerprint density at radius 2 is 2.00 bits per heavy atom. The number of nitrogens with zero attached hydrogens (tertiary/aromatic N) is 2. The molecule has 1 aromatic heterocycles. The van der Waals surface area contributed by atoms with Crippen molar-refractivity contribution in [2.75, 3.05) is 40.4 Å². The number of carbonyl (C=O) groups is 1. The van der Waals surface area contributed by atoms with Crippen molar-refractivity contribution in [3.63, 3.8) is 0 Å². The Labute approximate surface area is 152 Å². The predicted molar refractivity (Wildman–Crippen MR) is 99.4 cm³/mol. The van der Waals surface area contributed by atoms with E-state index >= 15 is 0 Å². The second-order valence-corrected chi connectivity index (χ2v) is 7.20. The standard InChI is InChI=1S/C19H24N2O3S/c1-20(10-11-24-17-5-3-16(23-2)4-6-17)14-19(22)21-9-7-18-15(13-21)8-12-25-18/h3-6,8,12H,7,9-11,13-14H2,1-2H3. The summed E-state index contributed by atoms with van der Waals surface area (Å²) >= 11 is 1.79. The summed E-state index contributed by atoms with van der Waals surface area (Å²) < 4.78 is 10.8. The molecule has 1 amide bonds. The molecule has 0 fully saturated rings. The number of rotatable bonds is 7. The summed E-state index contributed by atoms with van der Waals surface area (Å²) in [4.78, 5) is 17.9. The Kier molecular flexibility index (Phi) is 5.94. The smallest absolute Gasteiger partial charge is 0.237 e. The van der Waals surface area contributed by atoms with Crippen LogP contribution in [0.1, 0.15) is 10.4 Å². The van der Waals surface area contributed by atoms with Crippen LogP contribution in [0.3, 0.4) is 0 Å². The summed E-state index contributed by atoms with van der Waals surface area (Å²) in [5.74, 6) is 1.80. The molecule has 1 aliphatic rings. The van der Waals surface area contributed by atoms with Crippen LogP contribution in [0.25, 0.3) is 0 Å². The van der Waals surface area contributed by atoms with E-state index < -0.39 is 0 Å². The number of hydrogen-bond donors (Lipinski definition) is 0. The van der Waals surface area contributed by atoms with Gasteiger partial charge in [0.1, 0.15) is 18.1 Å². The minimum Gasteiger partial charge on any atom is -0.497 e. The molecule has 0 radical (unpaired) electrons. The first-order valence-corrected chi connectivity index (χ1v) is 9.32. The maximum Gasteiger partial charge on any atom is 0.237 e. The third-order valence-electron chi connectivity index (χ3n) is 4.37. The maximum atomic E-state index is 12.5. The second kappa shape index (κ2) is 8.36. The molecule has 0 spiro atoms. The molecule has 1 aromatic carbocycles. The average molecular weight is 360 g/mol. The van der Waals surface area contributed by atoms with Gasteiger partial charge in [0.2, 0.25) is 5.91 Å². The van der Waals surface area contributed by atoms with Gasteiger partial charge in [0.25, 0.3) is 0 Å². The Morgan fingerprint density at radius 3 is 2.76 bits per heavy atom. The van der Waals surface area contributed by atoms with Gasteiger partial charge in [0, 0.05) is 24.5 Å². The molecule has 1 aliphatic heterocycles. The number of benzene rings is 1. The van der Waals surface area contributed by atoms with Crippen molar-refractivity contribution in [3.05, 3.63) is 46.2 Å². The minimum atomic E-state index is 0.184. The van der Waals surface area contributed by atoms with E-state index in [-0.39, 0.29) is 5.91 Å². The first kappa shape index (κ1) is 17.8. The van der Waals surface area contributed by atoms with E-state index in [9.17, 15) is 4.79 Å². The quantitative estimate of drug-likeness (QED) is 0.761. The van der Waals surface area contributed by atoms with Crippen LogP contribution in [0, 0.1) is 0 Å². The topological polar surface area (TPSA) is 42.0 Å². The number of fused-ring (bicyclic) bond motifs is 1. The average Bonchev–Trinajstić information content (AvgIpc) is 3.10. The number of thiophene rings is 1. The lowest BCUT2D eigenvalue weighted by atomic mass is 10.1. The molecule has 0 saturated carbocycles. The number of hydrogen-bond acceptors (Lipinski definition) is 5. The molecule has 0 aliphatic carbocycles. The molecule has 2 heterocycles. The Bertz CT molecular complexity index is 699. The summed E-state index contributed by atoms with van der Waals surface area (Å²) in [5.41, 5.74) is 1.30. The van der Waals surface area contributed by atoms with Gasteiger partial charge in [-0.15, -0.1) is 11.3 Å². The van der Waals surface area contributed by atoms with Crippen LogP contribution in [-0.2, 0) is 17.8 Å². The molecule has 2 aromatic rings. The molecule has 0 N–H and O–H groups in total. The van der Waals surface area contributed by atoms with Crippen molar-refractivity contribution in [1.82, 2.24) is 9.80 Å². The number of ether oxygens (including phenoxy) is 2. The highest BCUT2D eigenvalue weighted by Crippen LogP contribution is 2.24. The van der Waals surface area contributed by atoms with Crippen molar-refractivity contribution in [2.24, 2.45) is 0 Å². The van der Waals surface area contributed by atoms with Gasteiger partial charge in [-0.3, -0.25) is 9.69 Å². The lowest BCUT2D eigenvalue weighted by molar-refractivity contribution is -0.133. The van der Waals surface area contributed by atoms with E-state index in [1.54, 1.807) is 18.4 Å². The molecule has 5 nitrogen and oxygen atoms in total. The van der Waals surface area contributed by atoms with E-state index in [0.29, 0.717) is 19.7 Å². The highest BCUT2D eigenvalue weighted by atomic mass is 32.1. The van der Waals surface area contributed by atoms with Crippen molar-refractivity contribution in [1.29, 1.82) is 0 Å². The Morgan fingerprint density at radius 1 is 1.24 bits per heavy atom. The first-order valence-electron chi connectivity index (χ1n) is 8.44. The van der Waals surface area contributed by atoms with Crippen LogP contribution in [0.2, 0.25) is 0 Å². The summed E-state index contributed by atoms with van der Waals surface area (Å²) in [5, 5.41) is 2.11. The van der Waals surface area contributed by atoms with Gasteiger partial charge < -0.3 is 14.4 Å². The van der Waals surface area contributed by atoms with Crippen molar-refractivity contribution >= 4 is 17.2 Å². The van der Waals surface area contributed by atoms with Gasteiger partial charge in [-0.1, -0.05) is 0 Å². The number of carbonyl (C=O) groups excluding carboxylic acids is 1. The largest absolute Gasteiger partial charge is 0.497 e.